The minimum Gasteiger partial charge on any atom is -0.395 e. The van der Waals surface area contributed by atoms with Gasteiger partial charge in [-0.25, -0.2) is 8.78 Å². The number of hydrogen-bond donors (Lipinski definition) is 1. The minimum absolute atomic E-state index is 0.0919. The quantitative estimate of drug-likeness (QED) is 0.837. The molecule has 0 spiro atoms. The first-order chi connectivity index (χ1) is 7.60. The highest BCUT2D eigenvalue weighted by molar-refractivity contribution is 5.14. The third kappa shape index (κ3) is 2.08. The van der Waals surface area contributed by atoms with Crippen molar-refractivity contribution in [1.82, 2.24) is 0 Å². The largest absolute Gasteiger partial charge is 0.395 e. The van der Waals surface area contributed by atoms with Crippen LogP contribution in [-0.4, -0.2) is 24.2 Å². The monoisotopic (exact) mass is 228 g/mol. The van der Waals surface area contributed by atoms with Crippen LogP contribution in [0.25, 0.3) is 0 Å². The fourth-order valence-corrected chi connectivity index (χ4v) is 1.69. The predicted molar refractivity (Wildman–Crippen MR) is 55.2 cm³/mol. The van der Waals surface area contributed by atoms with Crippen molar-refractivity contribution >= 4 is 0 Å². The first-order valence-electron chi connectivity index (χ1n) is 5.20. The minimum atomic E-state index is -2.77. The van der Waals surface area contributed by atoms with Crippen LogP contribution in [0.15, 0.2) is 30.3 Å². The van der Waals surface area contributed by atoms with Gasteiger partial charge in [-0.2, -0.15) is 0 Å². The van der Waals surface area contributed by atoms with Gasteiger partial charge in [0, 0.05) is 6.42 Å². The number of alkyl halides is 2. The Morgan fingerprint density at radius 1 is 1.25 bits per heavy atom. The number of hydrogen-bond acceptors (Lipinski definition) is 2. The summed E-state index contributed by atoms with van der Waals surface area (Å²) in [5, 5.41) is 8.93. The summed E-state index contributed by atoms with van der Waals surface area (Å²) in [6, 6.07) is 9.36. The van der Waals surface area contributed by atoms with E-state index in [0.717, 1.165) is 5.56 Å². The van der Waals surface area contributed by atoms with Crippen LogP contribution in [0.2, 0.25) is 0 Å². The molecule has 2 rings (SSSR count). The van der Waals surface area contributed by atoms with Crippen molar-refractivity contribution < 1.29 is 18.6 Å². The zero-order chi connectivity index (χ0) is 11.6. The first-order valence-corrected chi connectivity index (χ1v) is 5.20. The van der Waals surface area contributed by atoms with Gasteiger partial charge in [-0.05, 0) is 5.56 Å². The first kappa shape index (κ1) is 11.5. The van der Waals surface area contributed by atoms with Crippen molar-refractivity contribution in [3.05, 3.63) is 35.9 Å². The molecule has 1 saturated carbocycles. The molecule has 0 aliphatic heterocycles. The van der Waals surface area contributed by atoms with Gasteiger partial charge in [-0.15, -0.1) is 0 Å². The van der Waals surface area contributed by atoms with Gasteiger partial charge in [0.2, 0.25) is 0 Å². The van der Waals surface area contributed by atoms with E-state index in [1.165, 1.54) is 0 Å². The third-order valence-corrected chi connectivity index (χ3v) is 3.00. The van der Waals surface area contributed by atoms with E-state index < -0.39 is 17.9 Å². The Balaban J connectivity index is 1.81. The van der Waals surface area contributed by atoms with Crippen molar-refractivity contribution in [2.45, 2.75) is 19.0 Å². The van der Waals surface area contributed by atoms with Crippen molar-refractivity contribution in [3.8, 4) is 0 Å². The molecule has 1 atom stereocenters. The summed E-state index contributed by atoms with van der Waals surface area (Å²) < 4.78 is 31.1. The van der Waals surface area contributed by atoms with Crippen molar-refractivity contribution in [2.75, 3.05) is 13.2 Å². The van der Waals surface area contributed by atoms with Crippen LogP contribution < -0.4 is 0 Å². The van der Waals surface area contributed by atoms with Crippen LogP contribution in [0.5, 0.6) is 0 Å². The van der Waals surface area contributed by atoms with Gasteiger partial charge in [-0.1, -0.05) is 30.3 Å². The SMILES string of the molecule is OC[C@]1(COCc2ccccc2)CC1(F)F. The molecule has 0 aromatic heterocycles. The summed E-state index contributed by atoms with van der Waals surface area (Å²) in [5.41, 5.74) is -0.388. The maximum atomic E-state index is 12.9. The fourth-order valence-electron chi connectivity index (χ4n) is 1.69. The van der Waals surface area contributed by atoms with E-state index in [1.807, 2.05) is 30.3 Å². The second kappa shape index (κ2) is 4.11. The lowest BCUT2D eigenvalue weighted by Crippen LogP contribution is -2.22. The lowest BCUT2D eigenvalue weighted by molar-refractivity contribution is -0.0205. The Kier molecular flexibility index (Phi) is 2.95. The topological polar surface area (TPSA) is 29.5 Å². The third-order valence-electron chi connectivity index (χ3n) is 3.00. The molecule has 1 aromatic rings. The maximum absolute atomic E-state index is 12.9. The Bertz CT molecular complexity index is 353. The molecule has 0 saturated heterocycles. The smallest absolute Gasteiger partial charge is 0.259 e. The number of aliphatic hydroxyl groups is 1. The Morgan fingerprint density at radius 2 is 1.88 bits per heavy atom. The van der Waals surface area contributed by atoms with Gasteiger partial charge in [0.25, 0.3) is 5.92 Å². The Labute approximate surface area is 92.9 Å². The molecule has 0 unspecified atom stereocenters. The molecule has 16 heavy (non-hydrogen) atoms. The number of aliphatic hydroxyl groups excluding tert-OH is 1. The highest BCUT2D eigenvalue weighted by Gasteiger charge is 2.70. The van der Waals surface area contributed by atoms with E-state index in [0.29, 0.717) is 6.61 Å². The molecule has 1 aliphatic rings. The van der Waals surface area contributed by atoms with Crippen LogP contribution in [0.4, 0.5) is 8.78 Å². The fraction of sp³-hybridized carbons (Fsp3) is 0.500. The molecular formula is C12H14F2O2. The summed E-state index contributed by atoms with van der Waals surface area (Å²) in [7, 11) is 0. The number of ether oxygens (including phenoxy) is 1. The molecule has 2 nitrogen and oxygen atoms in total. The van der Waals surface area contributed by atoms with Crippen LogP contribution in [0, 0.1) is 5.41 Å². The van der Waals surface area contributed by atoms with Crippen LogP contribution >= 0.6 is 0 Å². The zero-order valence-corrected chi connectivity index (χ0v) is 8.83. The van der Waals surface area contributed by atoms with Gasteiger partial charge < -0.3 is 9.84 Å². The molecule has 0 amide bonds. The Morgan fingerprint density at radius 3 is 2.38 bits per heavy atom. The van der Waals surface area contributed by atoms with Gasteiger partial charge in [0.1, 0.15) is 0 Å². The van der Waals surface area contributed by atoms with E-state index in [4.69, 9.17) is 9.84 Å². The second-order valence-electron chi connectivity index (χ2n) is 4.30. The number of benzene rings is 1. The average Bonchev–Trinajstić information content (AvgIpc) is 2.83. The second-order valence-corrected chi connectivity index (χ2v) is 4.30. The highest BCUT2D eigenvalue weighted by atomic mass is 19.3. The molecule has 1 N–H and O–H groups in total. The van der Waals surface area contributed by atoms with Crippen molar-refractivity contribution in [3.63, 3.8) is 0 Å². The van der Waals surface area contributed by atoms with Gasteiger partial charge >= 0.3 is 0 Å². The Hall–Kier alpha value is -1.00. The lowest BCUT2D eigenvalue weighted by Gasteiger charge is -2.13. The van der Waals surface area contributed by atoms with Gasteiger partial charge in [-0.3, -0.25) is 0 Å². The lowest BCUT2D eigenvalue weighted by atomic mass is 10.1. The molecule has 1 aliphatic carbocycles. The summed E-state index contributed by atoms with van der Waals surface area (Å²) in [6.07, 6.45) is -0.273. The predicted octanol–water partition coefficient (Wildman–Crippen LogP) is 2.22. The number of halogens is 2. The van der Waals surface area contributed by atoms with Crippen LogP contribution in [0.1, 0.15) is 12.0 Å². The van der Waals surface area contributed by atoms with E-state index in [1.54, 1.807) is 0 Å². The standard InChI is InChI=1S/C12H14F2O2/c13-12(14)7-11(12,8-15)9-16-6-10-4-2-1-3-5-10/h1-5,15H,6-9H2/t11-/m0/s1. The molecular weight excluding hydrogens is 214 g/mol. The molecule has 0 bridgehead atoms. The average molecular weight is 228 g/mol. The molecule has 0 heterocycles. The normalized spacial score (nSPS) is 26.7. The number of rotatable bonds is 5. The summed E-state index contributed by atoms with van der Waals surface area (Å²) in [5.74, 6) is -2.77. The summed E-state index contributed by atoms with van der Waals surface area (Å²) in [4.78, 5) is 0. The van der Waals surface area contributed by atoms with Gasteiger partial charge in [0.05, 0.1) is 25.2 Å². The van der Waals surface area contributed by atoms with E-state index in [9.17, 15) is 8.78 Å². The van der Waals surface area contributed by atoms with Gasteiger partial charge in [0.15, 0.2) is 0 Å². The molecule has 88 valence electrons. The summed E-state index contributed by atoms with van der Waals surface area (Å²) in [6.45, 7) is -0.307. The zero-order valence-electron chi connectivity index (χ0n) is 8.83. The van der Waals surface area contributed by atoms with E-state index in [2.05, 4.69) is 0 Å². The molecule has 4 heteroatoms. The summed E-state index contributed by atoms with van der Waals surface area (Å²) >= 11 is 0. The van der Waals surface area contributed by atoms with Crippen LogP contribution in [-0.2, 0) is 11.3 Å². The van der Waals surface area contributed by atoms with Crippen molar-refractivity contribution in [1.29, 1.82) is 0 Å². The molecule has 1 fully saturated rings. The van der Waals surface area contributed by atoms with Crippen molar-refractivity contribution in [2.24, 2.45) is 5.41 Å². The molecule has 0 radical (unpaired) electrons. The molecule has 1 aromatic carbocycles. The van der Waals surface area contributed by atoms with Crippen LogP contribution in [0.3, 0.4) is 0 Å². The van der Waals surface area contributed by atoms with E-state index in [-0.39, 0.29) is 13.0 Å². The van der Waals surface area contributed by atoms with E-state index >= 15 is 0 Å². The maximum Gasteiger partial charge on any atom is 0.259 e. The highest BCUT2D eigenvalue weighted by Crippen LogP contribution is 2.60.